The molecule has 1 fully saturated rings. The normalized spacial score (nSPS) is 20.2. The Kier molecular flexibility index (Phi) is 1.71. The number of aliphatic hydroxyl groups excluding tert-OH is 1. The zero-order valence-corrected chi connectivity index (χ0v) is 7.58. The van der Waals surface area contributed by atoms with Crippen LogP contribution >= 0.6 is 22.9 Å². The van der Waals surface area contributed by atoms with E-state index in [9.17, 15) is 0 Å². The molecule has 0 bridgehead atoms. The predicted molar refractivity (Wildman–Crippen MR) is 47.3 cm³/mol. The lowest BCUT2D eigenvalue weighted by atomic mass is 10.1. The summed E-state index contributed by atoms with van der Waals surface area (Å²) in [4.78, 5) is 1.24. The van der Waals surface area contributed by atoms with Crippen LogP contribution in [0.25, 0.3) is 0 Å². The fourth-order valence-corrected chi connectivity index (χ4v) is 2.55. The second-order valence-electron chi connectivity index (χ2n) is 3.07. The van der Waals surface area contributed by atoms with Gasteiger partial charge in [-0.3, -0.25) is 0 Å². The van der Waals surface area contributed by atoms with Crippen molar-refractivity contribution in [1.82, 2.24) is 0 Å². The van der Waals surface area contributed by atoms with E-state index < -0.39 is 0 Å². The minimum absolute atomic E-state index is 0.0950. The van der Waals surface area contributed by atoms with E-state index in [4.69, 9.17) is 16.7 Å². The van der Waals surface area contributed by atoms with Gasteiger partial charge in [-0.1, -0.05) is 11.6 Å². The highest BCUT2D eigenvalue weighted by molar-refractivity contribution is 7.10. The van der Waals surface area contributed by atoms with Gasteiger partial charge in [0.25, 0.3) is 0 Å². The van der Waals surface area contributed by atoms with Gasteiger partial charge in [-0.2, -0.15) is 0 Å². The molecule has 1 aliphatic carbocycles. The van der Waals surface area contributed by atoms with Crippen LogP contribution < -0.4 is 0 Å². The van der Waals surface area contributed by atoms with E-state index >= 15 is 0 Å². The Hall–Kier alpha value is -0.0500. The molecule has 0 amide bonds. The van der Waals surface area contributed by atoms with Crippen LogP contribution in [0.15, 0.2) is 11.4 Å². The van der Waals surface area contributed by atoms with Gasteiger partial charge in [0.15, 0.2) is 0 Å². The van der Waals surface area contributed by atoms with Crippen molar-refractivity contribution in [2.24, 2.45) is 0 Å². The average molecular weight is 189 g/mol. The molecular weight excluding hydrogens is 180 g/mol. The Balaban J connectivity index is 2.29. The van der Waals surface area contributed by atoms with Gasteiger partial charge in [0.1, 0.15) is 0 Å². The highest BCUT2D eigenvalue weighted by Gasteiger charge is 2.44. The van der Waals surface area contributed by atoms with E-state index in [0.717, 1.165) is 17.9 Å². The molecule has 0 spiro atoms. The molecule has 3 heteroatoms. The molecule has 11 heavy (non-hydrogen) atoms. The number of rotatable bonds is 2. The number of hydrogen-bond donors (Lipinski definition) is 1. The zero-order valence-electron chi connectivity index (χ0n) is 6.01. The smallest absolute Gasteiger partial charge is 0.0535 e. The van der Waals surface area contributed by atoms with Gasteiger partial charge in [-0.25, -0.2) is 0 Å². The predicted octanol–water partition coefficient (Wildman–Crippen LogP) is 2.43. The summed E-state index contributed by atoms with van der Waals surface area (Å²) in [6.45, 7) is 0.268. The summed E-state index contributed by atoms with van der Waals surface area (Å²) in [7, 11) is 0. The molecule has 0 aromatic carbocycles. The van der Waals surface area contributed by atoms with Gasteiger partial charge in [-0.15, -0.1) is 11.3 Å². The summed E-state index contributed by atoms with van der Waals surface area (Å²) in [5, 5.41) is 11.8. The molecule has 0 atom stereocenters. The summed E-state index contributed by atoms with van der Waals surface area (Å²) in [6, 6.07) is 1.97. The van der Waals surface area contributed by atoms with Crippen LogP contribution in [0.3, 0.4) is 0 Å². The number of thiophene rings is 1. The molecule has 1 aliphatic rings. The molecule has 2 rings (SSSR count). The van der Waals surface area contributed by atoms with E-state index in [0.29, 0.717) is 0 Å². The standard InChI is InChI=1S/C8H9ClOS/c9-6-3-7(11-4-6)8(5-10)1-2-8/h3-4,10H,1-2,5H2. The van der Waals surface area contributed by atoms with E-state index in [1.54, 1.807) is 11.3 Å². The number of hydrogen-bond acceptors (Lipinski definition) is 2. The van der Waals surface area contributed by atoms with Crippen molar-refractivity contribution in [2.75, 3.05) is 6.61 Å². The van der Waals surface area contributed by atoms with Crippen LogP contribution in [-0.2, 0) is 5.41 Å². The number of aliphatic hydroxyl groups is 1. The van der Waals surface area contributed by atoms with Crippen LogP contribution in [0.4, 0.5) is 0 Å². The van der Waals surface area contributed by atoms with Crippen LogP contribution in [0.1, 0.15) is 17.7 Å². The Morgan fingerprint density at radius 2 is 2.36 bits per heavy atom. The second-order valence-corrected chi connectivity index (χ2v) is 4.42. The summed E-state index contributed by atoms with van der Waals surface area (Å²) >= 11 is 7.43. The summed E-state index contributed by atoms with van der Waals surface area (Å²) < 4.78 is 0. The van der Waals surface area contributed by atoms with Crippen molar-refractivity contribution in [3.63, 3.8) is 0 Å². The van der Waals surface area contributed by atoms with Crippen molar-refractivity contribution in [3.05, 3.63) is 21.3 Å². The molecule has 0 unspecified atom stereocenters. The van der Waals surface area contributed by atoms with Gasteiger partial charge in [-0.05, 0) is 18.9 Å². The van der Waals surface area contributed by atoms with Crippen molar-refractivity contribution in [1.29, 1.82) is 0 Å². The summed E-state index contributed by atoms with van der Waals surface area (Å²) in [5.74, 6) is 0. The summed E-state index contributed by atoms with van der Waals surface area (Å²) in [5.41, 5.74) is 0.0950. The lowest BCUT2D eigenvalue weighted by Crippen LogP contribution is -2.09. The maximum atomic E-state index is 9.08. The fraction of sp³-hybridized carbons (Fsp3) is 0.500. The van der Waals surface area contributed by atoms with Crippen molar-refractivity contribution in [3.8, 4) is 0 Å². The van der Waals surface area contributed by atoms with E-state index in [2.05, 4.69) is 0 Å². The first-order chi connectivity index (χ1) is 5.27. The fourth-order valence-electron chi connectivity index (χ4n) is 1.22. The van der Waals surface area contributed by atoms with Crippen molar-refractivity contribution >= 4 is 22.9 Å². The third-order valence-electron chi connectivity index (χ3n) is 2.25. The Morgan fingerprint density at radius 1 is 1.64 bits per heavy atom. The third-order valence-corrected chi connectivity index (χ3v) is 3.77. The lowest BCUT2D eigenvalue weighted by molar-refractivity contribution is 0.257. The number of halogens is 1. The van der Waals surface area contributed by atoms with Gasteiger partial charge >= 0.3 is 0 Å². The van der Waals surface area contributed by atoms with Crippen LogP contribution in [-0.4, -0.2) is 11.7 Å². The minimum Gasteiger partial charge on any atom is -0.395 e. The summed E-state index contributed by atoms with van der Waals surface area (Å²) in [6.07, 6.45) is 2.22. The first-order valence-corrected chi connectivity index (χ1v) is 4.88. The average Bonchev–Trinajstić information content (AvgIpc) is 2.70. The molecule has 1 aromatic heterocycles. The first kappa shape index (κ1) is 7.59. The van der Waals surface area contributed by atoms with Gasteiger partial charge < -0.3 is 5.11 Å². The maximum absolute atomic E-state index is 9.08. The molecule has 1 saturated carbocycles. The monoisotopic (exact) mass is 188 g/mol. The second kappa shape index (κ2) is 2.47. The van der Waals surface area contributed by atoms with E-state index in [1.165, 1.54) is 4.88 Å². The largest absolute Gasteiger partial charge is 0.395 e. The molecule has 60 valence electrons. The Labute approximate surface area is 74.6 Å². The molecule has 0 saturated heterocycles. The van der Waals surface area contributed by atoms with Gasteiger partial charge in [0.05, 0.1) is 11.6 Å². The molecule has 1 nitrogen and oxygen atoms in total. The molecular formula is C8H9ClOS. The molecule has 1 N–H and O–H groups in total. The van der Waals surface area contributed by atoms with Crippen molar-refractivity contribution < 1.29 is 5.11 Å². The maximum Gasteiger partial charge on any atom is 0.0535 e. The van der Waals surface area contributed by atoms with Crippen molar-refractivity contribution in [2.45, 2.75) is 18.3 Å². The highest BCUT2D eigenvalue weighted by Crippen LogP contribution is 2.50. The lowest BCUT2D eigenvalue weighted by Gasteiger charge is -2.06. The first-order valence-electron chi connectivity index (χ1n) is 3.62. The topological polar surface area (TPSA) is 20.2 Å². The Bertz CT molecular complexity index is 265. The minimum atomic E-state index is 0.0950. The van der Waals surface area contributed by atoms with Crippen LogP contribution in [0.2, 0.25) is 5.02 Å². The highest BCUT2D eigenvalue weighted by atomic mass is 35.5. The molecule has 0 aliphatic heterocycles. The zero-order chi connectivity index (χ0) is 7.90. The SMILES string of the molecule is OCC1(c2cc(Cl)cs2)CC1. The van der Waals surface area contributed by atoms with Gasteiger partial charge in [0, 0.05) is 15.7 Å². The molecule has 1 heterocycles. The molecule has 1 aromatic rings. The Morgan fingerprint density at radius 3 is 2.73 bits per heavy atom. The van der Waals surface area contributed by atoms with Crippen LogP contribution in [0, 0.1) is 0 Å². The third kappa shape index (κ3) is 1.19. The molecule has 0 radical (unpaired) electrons. The quantitative estimate of drug-likeness (QED) is 0.756. The van der Waals surface area contributed by atoms with E-state index in [1.807, 2.05) is 11.4 Å². The van der Waals surface area contributed by atoms with Crippen LogP contribution in [0.5, 0.6) is 0 Å². The van der Waals surface area contributed by atoms with Gasteiger partial charge in [0.2, 0.25) is 0 Å². The van der Waals surface area contributed by atoms with E-state index in [-0.39, 0.29) is 12.0 Å².